The number of likely N-dealkylation sites (N-methyl/N-ethyl adjacent to an activating group) is 1. The Morgan fingerprint density at radius 2 is 1.96 bits per heavy atom. The summed E-state index contributed by atoms with van der Waals surface area (Å²) in [5, 5.41) is 3.16. The number of carbonyl (C=O) groups is 2. The third-order valence-corrected chi connectivity index (χ3v) is 5.18. The number of benzene rings is 1. The Morgan fingerprint density at radius 3 is 2.67 bits per heavy atom. The predicted octanol–water partition coefficient (Wildman–Crippen LogP) is 1.87. The van der Waals surface area contributed by atoms with Crippen LogP contribution in [0.2, 0.25) is 0 Å². The highest BCUT2D eigenvalue weighted by Gasteiger charge is 2.55. The molecule has 3 rings (SSSR count). The van der Waals surface area contributed by atoms with Crippen LogP contribution >= 0.6 is 0 Å². The van der Waals surface area contributed by atoms with Crippen LogP contribution in [0.3, 0.4) is 0 Å². The number of nitrogens with zero attached hydrogens (tertiary/aromatic N) is 1. The zero-order chi connectivity index (χ0) is 17.1. The molecule has 1 aliphatic carbocycles. The fourth-order valence-corrected chi connectivity index (χ4v) is 3.92. The second-order valence-corrected chi connectivity index (χ2v) is 6.98. The van der Waals surface area contributed by atoms with E-state index in [1.165, 1.54) is 0 Å². The zero-order valence-electron chi connectivity index (χ0n) is 14.4. The van der Waals surface area contributed by atoms with Crippen LogP contribution in [0, 0.1) is 5.92 Å². The van der Waals surface area contributed by atoms with Crippen molar-refractivity contribution >= 4 is 11.7 Å². The maximum atomic E-state index is 12.2. The van der Waals surface area contributed by atoms with Crippen LogP contribution in [0.4, 0.5) is 0 Å². The highest BCUT2D eigenvalue weighted by atomic mass is 16.5. The molecule has 1 amide bonds. The minimum Gasteiger partial charge on any atom is -0.376 e. The number of fused-ring (bicyclic) bond motifs is 1. The molecule has 0 bridgehead atoms. The van der Waals surface area contributed by atoms with Gasteiger partial charge in [0.1, 0.15) is 0 Å². The standard InChI is InChI=1S/C19H26N2O3/c1-21(2)18-17(14-11-12-24-19(14)18)20-16(23)10-6-9-15(22)13-7-4-3-5-8-13/h3-5,7-8,14,17-19H,6,9-12H2,1-2H3,(H,20,23)/t14-,17+,18-,19-/m1/s1. The normalized spacial score (nSPS) is 28.3. The maximum Gasteiger partial charge on any atom is 0.220 e. The average Bonchev–Trinajstić information content (AvgIpc) is 2.96. The van der Waals surface area contributed by atoms with Crippen LogP contribution in [0.1, 0.15) is 36.0 Å². The van der Waals surface area contributed by atoms with Gasteiger partial charge in [-0.3, -0.25) is 9.59 Å². The lowest BCUT2D eigenvalue weighted by Crippen LogP contribution is -2.69. The van der Waals surface area contributed by atoms with Gasteiger partial charge in [-0.15, -0.1) is 0 Å². The molecular formula is C19H26N2O3. The van der Waals surface area contributed by atoms with Crippen molar-refractivity contribution in [3.63, 3.8) is 0 Å². The number of carbonyl (C=O) groups excluding carboxylic acids is 2. The summed E-state index contributed by atoms with van der Waals surface area (Å²) in [5.41, 5.74) is 0.718. The van der Waals surface area contributed by atoms with Gasteiger partial charge in [-0.1, -0.05) is 30.3 Å². The lowest BCUT2D eigenvalue weighted by Gasteiger charge is -2.50. The first-order valence-corrected chi connectivity index (χ1v) is 8.73. The predicted molar refractivity (Wildman–Crippen MR) is 91.9 cm³/mol. The van der Waals surface area contributed by atoms with E-state index < -0.39 is 0 Å². The molecule has 0 radical (unpaired) electrons. The molecule has 1 saturated carbocycles. The zero-order valence-corrected chi connectivity index (χ0v) is 14.4. The molecule has 4 atom stereocenters. The molecule has 1 N–H and O–H groups in total. The number of ether oxygens (including phenoxy) is 1. The summed E-state index contributed by atoms with van der Waals surface area (Å²) < 4.78 is 5.76. The number of hydrogen-bond donors (Lipinski definition) is 1. The molecule has 1 heterocycles. The van der Waals surface area contributed by atoms with Crippen LogP contribution in [-0.2, 0) is 9.53 Å². The molecule has 1 aromatic rings. The van der Waals surface area contributed by atoms with E-state index in [1.54, 1.807) is 0 Å². The van der Waals surface area contributed by atoms with Crippen LogP contribution in [-0.4, -0.2) is 55.5 Å². The third-order valence-electron chi connectivity index (χ3n) is 5.18. The smallest absolute Gasteiger partial charge is 0.220 e. The fraction of sp³-hybridized carbons (Fsp3) is 0.579. The summed E-state index contributed by atoms with van der Waals surface area (Å²) in [6, 6.07) is 9.68. The van der Waals surface area contributed by atoms with Gasteiger partial charge in [0.15, 0.2) is 5.78 Å². The summed E-state index contributed by atoms with van der Waals surface area (Å²) in [6.45, 7) is 0.789. The summed E-state index contributed by atoms with van der Waals surface area (Å²) in [7, 11) is 4.06. The van der Waals surface area contributed by atoms with Gasteiger partial charge in [-0.25, -0.2) is 0 Å². The van der Waals surface area contributed by atoms with Gasteiger partial charge in [-0.05, 0) is 26.9 Å². The monoisotopic (exact) mass is 330 g/mol. The summed E-state index contributed by atoms with van der Waals surface area (Å²) in [5.74, 6) is 0.577. The van der Waals surface area contributed by atoms with Gasteiger partial charge < -0.3 is 15.0 Å². The van der Waals surface area contributed by atoms with Crippen molar-refractivity contribution in [3.05, 3.63) is 35.9 Å². The Bertz CT molecular complexity index is 588. The Kier molecular flexibility index (Phi) is 5.31. The van der Waals surface area contributed by atoms with Gasteiger partial charge in [0.25, 0.3) is 0 Å². The molecule has 0 spiro atoms. The second kappa shape index (κ2) is 7.45. The first-order chi connectivity index (χ1) is 11.6. The van der Waals surface area contributed by atoms with E-state index in [4.69, 9.17) is 4.74 Å². The van der Waals surface area contributed by atoms with Crippen molar-refractivity contribution < 1.29 is 14.3 Å². The minimum atomic E-state index is 0.0399. The molecule has 5 nitrogen and oxygen atoms in total. The highest BCUT2D eigenvalue weighted by molar-refractivity contribution is 5.96. The van der Waals surface area contributed by atoms with E-state index in [9.17, 15) is 9.59 Å². The van der Waals surface area contributed by atoms with Gasteiger partial charge in [0, 0.05) is 30.9 Å². The van der Waals surface area contributed by atoms with E-state index in [2.05, 4.69) is 10.2 Å². The number of nitrogens with one attached hydrogen (secondary N) is 1. The molecule has 2 fully saturated rings. The quantitative estimate of drug-likeness (QED) is 0.776. The molecule has 2 aliphatic rings. The number of hydrogen-bond acceptors (Lipinski definition) is 4. The van der Waals surface area contributed by atoms with Crippen LogP contribution in [0.25, 0.3) is 0 Å². The Balaban J connectivity index is 1.43. The largest absolute Gasteiger partial charge is 0.376 e. The topological polar surface area (TPSA) is 58.6 Å². The van der Waals surface area contributed by atoms with Crippen LogP contribution in [0.15, 0.2) is 30.3 Å². The van der Waals surface area contributed by atoms with Gasteiger partial charge in [0.2, 0.25) is 5.91 Å². The van der Waals surface area contributed by atoms with Gasteiger partial charge >= 0.3 is 0 Å². The molecule has 1 aliphatic heterocycles. The number of rotatable bonds is 7. The molecule has 130 valence electrons. The van der Waals surface area contributed by atoms with Crippen molar-refractivity contribution in [2.24, 2.45) is 5.92 Å². The van der Waals surface area contributed by atoms with Crippen molar-refractivity contribution in [2.45, 2.75) is 43.9 Å². The van der Waals surface area contributed by atoms with Gasteiger partial charge in [0.05, 0.1) is 18.2 Å². The SMILES string of the molecule is CN(C)[C@@H]1[C@@H](NC(=O)CCCC(=O)c2ccccc2)[C@H]2CCO[C@H]21. The van der Waals surface area contributed by atoms with E-state index in [-0.39, 0.29) is 29.9 Å². The first kappa shape index (κ1) is 17.1. The Morgan fingerprint density at radius 1 is 1.21 bits per heavy atom. The molecule has 1 saturated heterocycles. The molecule has 0 unspecified atom stereocenters. The van der Waals surface area contributed by atoms with E-state index in [0.717, 1.165) is 18.6 Å². The average molecular weight is 330 g/mol. The minimum absolute atomic E-state index is 0.0399. The molecular weight excluding hydrogens is 304 g/mol. The van der Waals surface area contributed by atoms with E-state index in [1.807, 2.05) is 44.4 Å². The molecule has 24 heavy (non-hydrogen) atoms. The third kappa shape index (κ3) is 3.52. The molecule has 0 aromatic heterocycles. The second-order valence-electron chi connectivity index (χ2n) is 6.98. The maximum absolute atomic E-state index is 12.2. The van der Waals surface area contributed by atoms with Crippen molar-refractivity contribution in [1.82, 2.24) is 10.2 Å². The lowest BCUT2D eigenvalue weighted by atomic mass is 9.71. The summed E-state index contributed by atoms with van der Waals surface area (Å²) >= 11 is 0. The molecule has 1 aromatic carbocycles. The number of amides is 1. The lowest BCUT2D eigenvalue weighted by molar-refractivity contribution is -0.128. The van der Waals surface area contributed by atoms with Crippen LogP contribution in [0.5, 0.6) is 0 Å². The summed E-state index contributed by atoms with van der Waals surface area (Å²) in [4.78, 5) is 26.4. The Labute approximate surface area is 143 Å². The molecule has 5 heteroatoms. The fourth-order valence-electron chi connectivity index (χ4n) is 3.92. The van der Waals surface area contributed by atoms with Crippen molar-refractivity contribution in [2.75, 3.05) is 20.7 Å². The number of Topliss-reactive ketones (excluding diaryl/α,β-unsaturated/α-hetero) is 1. The van der Waals surface area contributed by atoms with Crippen LogP contribution < -0.4 is 5.32 Å². The Hall–Kier alpha value is -1.72. The highest BCUT2D eigenvalue weighted by Crippen LogP contribution is 2.41. The van der Waals surface area contributed by atoms with Crippen molar-refractivity contribution in [3.8, 4) is 0 Å². The first-order valence-electron chi connectivity index (χ1n) is 8.73. The van der Waals surface area contributed by atoms with E-state index >= 15 is 0 Å². The van der Waals surface area contributed by atoms with Gasteiger partial charge in [-0.2, -0.15) is 0 Å². The van der Waals surface area contributed by atoms with E-state index in [0.29, 0.717) is 25.2 Å². The number of ketones is 1. The van der Waals surface area contributed by atoms with Crippen molar-refractivity contribution in [1.29, 1.82) is 0 Å². The summed E-state index contributed by atoms with van der Waals surface area (Å²) in [6.07, 6.45) is 2.67.